The molecule has 106 valence electrons. The Balaban J connectivity index is 2.37. The quantitative estimate of drug-likeness (QED) is 0.380. The maximum Gasteiger partial charge on any atom is 0.240 e. The van der Waals surface area contributed by atoms with Crippen molar-refractivity contribution in [1.29, 1.82) is 0 Å². The number of hydrogen-bond acceptors (Lipinski definition) is 3. The smallest absolute Gasteiger partial charge is 0.240 e. The van der Waals surface area contributed by atoms with Gasteiger partial charge in [-0.25, -0.2) is 13.1 Å². The summed E-state index contributed by atoms with van der Waals surface area (Å²) in [6.45, 7) is 3.31. The fourth-order valence-corrected chi connectivity index (χ4v) is 2.40. The molecule has 19 heavy (non-hydrogen) atoms. The Morgan fingerprint density at radius 1 is 1.26 bits per heavy atom. The monoisotopic (exact) mass is 284 g/mol. The summed E-state index contributed by atoms with van der Waals surface area (Å²) in [5.74, 6) is 0.334. The first-order chi connectivity index (χ1) is 9.06. The van der Waals surface area contributed by atoms with Gasteiger partial charge in [0.25, 0.3) is 0 Å². The molecule has 0 radical (unpaired) electrons. The van der Waals surface area contributed by atoms with Gasteiger partial charge in [-0.2, -0.15) is 0 Å². The first-order valence-corrected chi connectivity index (χ1v) is 7.63. The van der Waals surface area contributed by atoms with Gasteiger partial charge in [-0.15, -0.1) is 0 Å². The van der Waals surface area contributed by atoms with Crippen LogP contribution in [0.15, 0.2) is 40.2 Å². The highest BCUT2D eigenvalue weighted by Gasteiger charge is 2.11. The Morgan fingerprint density at radius 2 is 1.95 bits per heavy atom. The maximum atomic E-state index is 11.8. The van der Waals surface area contributed by atoms with Crippen molar-refractivity contribution >= 4 is 16.0 Å². The minimum absolute atomic E-state index is 0.250. The number of rotatable bonds is 7. The van der Waals surface area contributed by atoms with Crippen molar-refractivity contribution in [3.05, 3.63) is 30.3 Å². The highest BCUT2D eigenvalue weighted by Crippen LogP contribution is 2.06. The normalized spacial score (nSPS) is 12.4. The summed E-state index contributed by atoms with van der Waals surface area (Å²) in [6, 6.07) is 8.23. The number of hydrogen-bond donors (Lipinski definition) is 3. The third-order valence-electron chi connectivity index (χ3n) is 2.28. The highest BCUT2D eigenvalue weighted by molar-refractivity contribution is 7.89. The number of sulfonamides is 1. The van der Waals surface area contributed by atoms with E-state index in [1.807, 2.05) is 6.92 Å². The van der Waals surface area contributed by atoms with Gasteiger partial charge in [0.1, 0.15) is 0 Å². The topological polar surface area (TPSA) is 96.6 Å². The molecule has 1 aromatic carbocycles. The van der Waals surface area contributed by atoms with Gasteiger partial charge in [-0.05, 0) is 18.6 Å². The van der Waals surface area contributed by atoms with Crippen LogP contribution in [0.1, 0.15) is 13.3 Å². The van der Waals surface area contributed by atoms with Gasteiger partial charge in [-0.1, -0.05) is 25.1 Å². The molecule has 6 nitrogen and oxygen atoms in total. The summed E-state index contributed by atoms with van der Waals surface area (Å²) in [5.41, 5.74) is 5.58. The molecule has 0 unspecified atom stereocenters. The third kappa shape index (κ3) is 5.71. The van der Waals surface area contributed by atoms with Crippen LogP contribution in [0.25, 0.3) is 0 Å². The van der Waals surface area contributed by atoms with Crippen LogP contribution in [0.4, 0.5) is 0 Å². The SMILES string of the molecule is CCCN=C(N)NCCNS(=O)(=O)c1ccccc1. The first-order valence-electron chi connectivity index (χ1n) is 6.14. The van der Waals surface area contributed by atoms with Gasteiger partial charge in [0.05, 0.1) is 4.90 Å². The van der Waals surface area contributed by atoms with Gasteiger partial charge in [0, 0.05) is 19.6 Å². The Hall–Kier alpha value is -1.60. The predicted octanol–water partition coefficient (Wildman–Crippen LogP) is 0.279. The highest BCUT2D eigenvalue weighted by atomic mass is 32.2. The molecule has 0 aliphatic rings. The van der Waals surface area contributed by atoms with E-state index in [0.29, 0.717) is 19.0 Å². The summed E-state index contributed by atoms with van der Waals surface area (Å²) in [7, 11) is -3.45. The molecule has 0 aliphatic carbocycles. The van der Waals surface area contributed by atoms with Gasteiger partial charge in [0.2, 0.25) is 10.0 Å². The lowest BCUT2D eigenvalue weighted by Gasteiger charge is -2.08. The van der Waals surface area contributed by atoms with Crippen LogP contribution in [-0.2, 0) is 10.0 Å². The predicted molar refractivity (Wildman–Crippen MR) is 76.4 cm³/mol. The lowest BCUT2D eigenvalue weighted by molar-refractivity contribution is 0.581. The van der Waals surface area contributed by atoms with E-state index in [-0.39, 0.29) is 11.4 Å². The molecule has 0 saturated heterocycles. The van der Waals surface area contributed by atoms with E-state index >= 15 is 0 Å². The standard InChI is InChI=1S/C12H20N4O2S/c1-2-8-14-12(13)15-9-10-16-19(17,18)11-6-4-3-5-7-11/h3-7,16H,2,8-10H2,1H3,(H3,13,14,15). The molecule has 0 spiro atoms. The molecule has 1 aromatic rings. The van der Waals surface area contributed by atoms with Crippen molar-refractivity contribution in [2.24, 2.45) is 10.7 Å². The second-order valence-corrected chi connectivity index (χ2v) is 5.67. The van der Waals surface area contributed by atoms with E-state index in [9.17, 15) is 8.42 Å². The average molecular weight is 284 g/mol. The molecule has 0 heterocycles. The molecule has 7 heteroatoms. The molecule has 0 atom stereocenters. The lowest BCUT2D eigenvalue weighted by atomic mass is 10.4. The van der Waals surface area contributed by atoms with Gasteiger partial charge >= 0.3 is 0 Å². The molecule has 0 saturated carbocycles. The van der Waals surface area contributed by atoms with Gasteiger partial charge < -0.3 is 11.1 Å². The molecule has 0 amide bonds. The average Bonchev–Trinajstić information content (AvgIpc) is 2.42. The minimum atomic E-state index is -3.45. The first kappa shape index (κ1) is 15.5. The zero-order chi connectivity index (χ0) is 14.1. The van der Waals surface area contributed by atoms with Gasteiger partial charge in [-0.3, -0.25) is 4.99 Å². The van der Waals surface area contributed by atoms with Crippen molar-refractivity contribution in [3.8, 4) is 0 Å². The molecule has 0 aliphatic heterocycles. The lowest BCUT2D eigenvalue weighted by Crippen LogP contribution is -2.38. The van der Waals surface area contributed by atoms with E-state index in [1.54, 1.807) is 30.3 Å². The van der Waals surface area contributed by atoms with Crippen LogP contribution in [0, 0.1) is 0 Å². The van der Waals surface area contributed by atoms with Crippen molar-refractivity contribution < 1.29 is 8.42 Å². The fourth-order valence-electron chi connectivity index (χ4n) is 1.35. The number of nitrogens with zero attached hydrogens (tertiary/aromatic N) is 1. The number of nitrogens with one attached hydrogen (secondary N) is 2. The molecular formula is C12H20N4O2S. The third-order valence-corrected chi connectivity index (χ3v) is 3.76. The van der Waals surface area contributed by atoms with Crippen LogP contribution < -0.4 is 15.8 Å². The summed E-state index contributed by atoms with van der Waals surface area (Å²) in [6.07, 6.45) is 0.920. The van der Waals surface area contributed by atoms with E-state index in [4.69, 9.17) is 5.73 Å². The minimum Gasteiger partial charge on any atom is -0.370 e. The largest absolute Gasteiger partial charge is 0.370 e. The van der Waals surface area contributed by atoms with Crippen LogP contribution in [0.3, 0.4) is 0 Å². The Labute approximate surface area is 114 Å². The van der Waals surface area contributed by atoms with Crippen LogP contribution in [0.2, 0.25) is 0 Å². The van der Waals surface area contributed by atoms with Crippen molar-refractivity contribution in [3.63, 3.8) is 0 Å². The zero-order valence-corrected chi connectivity index (χ0v) is 11.8. The van der Waals surface area contributed by atoms with Crippen LogP contribution >= 0.6 is 0 Å². The van der Waals surface area contributed by atoms with E-state index < -0.39 is 10.0 Å². The number of benzene rings is 1. The molecule has 1 rings (SSSR count). The Bertz CT molecular complexity index is 500. The molecule has 0 fully saturated rings. The number of aliphatic imine (C=N–C) groups is 1. The van der Waals surface area contributed by atoms with Crippen molar-refractivity contribution in [2.75, 3.05) is 19.6 Å². The Morgan fingerprint density at radius 3 is 2.58 bits per heavy atom. The van der Waals surface area contributed by atoms with Crippen LogP contribution in [-0.4, -0.2) is 34.0 Å². The van der Waals surface area contributed by atoms with Crippen molar-refractivity contribution in [1.82, 2.24) is 10.0 Å². The number of nitrogens with two attached hydrogens (primary N) is 1. The van der Waals surface area contributed by atoms with Crippen LogP contribution in [0.5, 0.6) is 0 Å². The zero-order valence-electron chi connectivity index (χ0n) is 11.0. The number of guanidine groups is 1. The summed E-state index contributed by atoms with van der Waals surface area (Å²) in [4.78, 5) is 4.29. The second-order valence-electron chi connectivity index (χ2n) is 3.90. The Kier molecular flexibility index (Phi) is 6.31. The molecule has 0 bridgehead atoms. The molecule has 0 aromatic heterocycles. The molecule has 4 N–H and O–H groups in total. The molecular weight excluding hydrogens is 264 g/mol. The van der Waals surface area contributed by atoms with E-state index in [2.05, 4.69) is 15.0 Å². The van der Waals surface area contributed by atoms with Gasteiger partial charge in [0.15, 0.2) is 5.96 Å². The maximum absolute atomic E-state index is 11.8. The second kappa shape index (κ2) is 7.75. The fraction of sp³-hybridized carbons (Fsp3) is 0.417. The van der Waals surface area contributed by atoms with Crippen molar-refractivity contribution in [2.45, 2.75) is 18.2 Å². The van der Waals surface area contributed by atoms with E-state index in [0.717, 1.165) is 6.42 Å². The summed E-state index contributed by atoms with van der Waals surface area (Å²) in [5, 5.41) is 2.84. The summed E-state index contributed by atoms with van der Waals surface area (Å²) < 4.78 is 26.2. The van der Waals surface area contributed by atoms with E-state index in [1.165, 1.54) is 0 Å². The summed E-state index contributed by atoms with van der Waals surface area (Å²) >= 11 is 0.